The number of nitrogens with one attached hydrogen (secondary N) is 1. The Morgan fingerprint density at radius 1 is 1.14 bits per heavy atom. The van der Waals surface area contributed by atoms with E-state index in [0.717, 1.165) is 12.8 Å². The van der Waals surface area contributed by atoms with Crippen LogP contribution in [0.2, 0.25) is 0 Å². The van der Waals surface area contributed by atoms with Crippen molar-refractivity contribution in [3.8, 4) is 0 Å². The number of carboxylic acids is 2. The number of rotatable bonds is 1. The number of nitrogens with two attached hydrogens (primary N) is 1. The first kappa shape index (κ1) is 19.7. The van der Waals surface area contributed by atoms with Crippen molar-refractivity contribution in [2.24, 2.45) is 11.7 Å². The Hall–Kier alpha value is -2.32. The molecule has 0 aromatic carbocycles. The van der Waals surface area contributed by atoms with Crippen LogP contribution < -0.4 is 5.73 Å². The molecule has 1 amide bonds. The molecule has 1 saturated heterocycles. The summed E-state index contributed by atoms with van der Waals surface area (Å²) in [6.45, 7) is 6.81. The van der Waals surface area contributed by atoms with E-state index < -0.39 is 17.5 Å². The lowest BCUT2D eigenvalue weighted by molar-refractivity contribution is -0.159. The molecule has 1 aliphatic rings. The van der Waals surface area contributed by atoms with Crippen molar-refractivity contribution in [2.45, 2.75) is 39.2 Å². The fraction of sp³-hybridized carbons (Fsp3) is 0.692. The minimum Gasteiger partial charge on any atom is -0.473 e. The number of ether oxygens (including phenoxy) is 1. The highest BCUT2D eigenvalue weighted by Gasteiger charge is 2.27. The fourth-order valence-corrected chi connectivity index (χ4v) is 1.70. The number of carboxylic acid groups (broad SMARTS) is 2. The molecule has 0 unspecified atom stereocenters. The number of hydrogen-bond donors (Lipinski definition) is 4. The largest absolute Gasteiger partial charge is 0.473 e. The molecule has 0 spiro atoms. The Balaban J connectivity index is 0.000000626. The zero-order valence-electron chi connectivity index (χ0n) is 13.0. The lowest BCUT2D eigenvalue weighted by atomic mass is 9.96. The van der Waals surface area contributed by atoms with Gasteiger partial charge >= 0.3 is 18.0 Å². The van der Waals surface area contributed by atoms with Crippen LogP contribution in [0.25, 0.3) is 0 Å². The van der Waals surface area contributed by atoms with E-state index in [9.17, 15) is 4.79 Å². The summed E-state index contributed by atoms with van der Waals surface area (Å²) in [5.41, 5.74) is 4.99. The molecule has 0 aromatic heterocycles. The Bertz CT molecular complexity index is 424. The van der Waals surface area contributed by atoms with Gasteiger partial charge in [0.25, 0.3) is 0 Å². The predicted molar refractivity (Wildman–Crippen MR) is 77.7 cm³/mol. The molecule has 9 nitrogen and oxygen atoms in total. The Morgan fingerprint density at radius 2 is 1.55 bits per heavy atom. The number of nitrogens with zero attached hydrogens (tertiary/aromatic N) is 1. The van der Waals surface area contributed by atoms with E-state index in [-0.39, 0.29) is 17.8 Å². The van der Waals surface area contributed by atoms with E-state index in [2.05, 4.69) is 0 Å². The number of amidine groups is 1. The fourth-order valence-electron chi connectivity index (χ4n) is 1.70. The van der Waals surface area contributed by atoms with Crippen molar-refractivity contribution in [1.29, 1.82) is 5.41 Å². The van der Waals surface area contributed by atoms with E-state index in [4.69, 9.17) is 35.7 Å². The van der Waals surface area contributed by atoms with E-state index in [1.807, 2.05) is 20.8 Å². The van der Waals surface area contributed by atoms with Crippen LogP contribution in [0, 0.1) is 11.3 Å². The molecule has 0 aliphatic carbocycles. The highest BCUT2D eigenvalue weighted by molar-refractivity contribution is 6.27. The third-order valence-electron chi connectivity index (χ3n) is 2.77. The van der Waals surface area contributed by atoms with Gasteiger partial charge in [0.1, 0.15) is 5.60 Å². The molecule has 1 rings (SSSR count). The van der Waals surface area contributed by atoms with Crippen LogP contribution in [0.4, 0.5) is 4.79 Å². The predicted octanol–water partition coefficient (Wildman–Crippen LogP) is 0.725. The van der Waals surface area contributed by atoms with Gasteiger partial charge in [-0.2, -0.15) is 0 Å². The number of carbonyl (C=O) groups is 3. The van der Waals surface area contributed by atoms with Crippen LogP contribution in [0.15, 0.2) is 0 Å². The van der Waals surface area contributed by atoms with Crippen LogP contribution in [0.5, 0.6) is 0 Å². The quantitative estimate of drug-likeness (QED) is 0.315. The lowest BCUT2D eigenvalue weighted by Gasteiger charge is -2.32. The number of amides is 1. The first-order valence-electron chi connectivity index (χ1n) is 6.72. The molecule has 0 aromatic rings. The number of hydrogen-bond acceptors (Lipinski definition) is 5. The monoisotopic (exact) mass is 317 g/mol. The average molecular weight is 317 g/mol. The molecule has 0 atom stereocenters. The molecule has 0 saturated carbocycles. The van der Waals surface area contributed by atoms with Crippen molar-refractivity contribution in [3.63, 3.8) is 0 Å². The second-order valence-corrected chi connectivity index (χ2v) is 5.81. The minimum absolute atomic E-state index is 0.124. The molecule has 0 bridgehead atoms. The van der Waals surface area contributed by atoms with Gasteiger partial charge in [0, 0.05) is 19.0 Å². The van der Waals surface area contributed by atoms with Crippen LogP contribution >= 0.6 is 0 Å². The van der Waals surface area contributed by atoms with Crippen LogP contribution in [-0.2, 0) is 14.3 Å². The van der Waals surface area contributed by atoms with E-state index >= 15 is 0 Å². The van der Waals surface area contributed by atoms with Crippen LogP contribution in [0.1, 0.15) is 33.6 Å². The smallest absolute Gasteiger partial charge is 0.414 e. The number of piperidine rings is 1. The van der Waals surface area contributed by atoms with Gasteiger partial charge in [-0.15, -0.1) is 0 Å². The highest BCUT2D eigenvalue weighted by Crippen LogP contribution is 2.19. The molecule has 5 N–H and O–H groups in total. The number of carbonyl (C=O) groups excluding carboxylic acids is 1. The summed E-state index contributed by atoms with van der Waals surface area (Å²) in [5, 5.41) is 22.1. The SMILES string of the molecule is CC(C)(C)OC(=O)N1CCC(C(=N)N)CC1.O=C(O)C(=O)O. The molecule has 9 heteroatoms. The van der Waals surface area contributed by atoms with Crippen LogP contribution in [0.3, 0.4) is 0 Å². The van der Waals surface area contributed by atoms with Gasteiger partial charge in [0.2, 0.25) is 0 Å². The maximum atomic E-state index is 11.7. The molecule has 1 aliphatic heterocycles. The summed E-state index contributed by atoms with van der Waals surface area (Å²) in [7, 11) is 0. The second-order valence-electron chi connectivity index (χ2n) is 5.81. The van der Waals surface area contributed by atoms with E-state index in [0.29, 0.717) is 13.1 Å². The summed E-state index contributed by atoms with van der Waals surface area (Å²) in [6.07, 6.45) is 1.25. The first-order valence-corrected chi connectivity index (χ1v) is 6.72. The number of aliphatic carboxylic acids is 2. The molecule has 0 radical (unpaired) electrons. The molecular formula is C13H23N3O6. The van der Waals surface area contributed by atoms with Gasteiger partial charge in [-0.05, 0) is 33.6 Å². The highest BCUT2D eigenvalue weighted by atomic mass is 16.6. The molecular weight excluding hydrogens is 294 g/mol. The van der Waals surface area contributed by atoms with Gasteiger partial charge in [-0.1, -0.05) is 0 Å². The van der Waals surface area contributed by atoms with Gasteiger partial charge in [-0.25, -0.2) is 14.4 Å². The average Bonchev–Trinajstić information content (AvgIpc) is 2.37. The number of likely N-dealkylation sites (tertiary alicyclic amines) is 1. The Morgan fingerprint density at radius 3 is 1.82 bits per heavy atom. The van der Waals surface area contributed by atoms with Crippen molar-refractivity contribution >= 4 is 23.9 Å². The van der Waals surface area contributed by atoms with E-state index in [1.54, 1.807) is 4.90 Å². The first-order chi connectivity index (χ1) is 9.94. The third kappa shape index (κ3) is 8.08. The van der Waals surface area contributed by atoms with Gasteiger partial charge in [0.15, 0.2) is 0 Å². The maximum absolute atomic E-state index is 11.7. The van der Waals surface area contributed by atoms with Crippen LogP contribution in [-0.4, -0.2) is 57.7 Å². The summed E-state index contributed by atoms with van der Waals surface area (Å²) < 4.78 is 5.27. The van der Waals surface area contributed by atoms with E-state index in [1.165, 1.54) is 0 Å². The summed E-state index contributed by atoms with van der Waals surface area (Å²) in [5.74, 6) is -3.30. The lowest BCUT2D eigenvalue weighted by Crippen LogP contribution is -2.43. The van der Waals surface area contributed by atoms with Crippen molar-refractivity contribution in [2.75, 3.05) is 13.1 Å². The summed E-state index contributed by atoms with van der Waals surface area (Å²) >= 11 is 0. The molecule has 126 valence electrons. The summed E-state index contributed by atoms with van der Waals surface area (Å²) in [4.78, 5) is 31.6. The zero-order chi connectivity index (χ0) is 17.5. The normalized spacial score (nSPS) is 15.3. The maximum Gasteiger partial charge on any atom is 0.414 e. The zero-order valence-corrected chi connectivity index (χ0v) is 13.0. The topological polar surface area (TPSA) is 154 Å². The van der Waals surface area contributed by atoms with Crippen molar-refractivity contribution in [3.05, 3.63) is 0 Å². The van der Waals surface area contributed by atoms with Crippen molar-refractivity contribution in [1.82, 2.24) is 4.90 Å². The third-order valence-corrected chi connectivity index (χ3v) is 2.77. The van der Waals surface area contributed by atoms with Gasteiger partial charge < -0.3 is 25.6 Å². The molecule has 1 heterocycles. The van der Waals surface area contributed by atoms with Gasteiger partial charge in [0.05, 0.1) is 5.84 Å². The summed E-state index contributed by atoms with van der Waals surface area (Å²) in [6, 6.07) is 0. The second kappa shape index (κ2) is 8.20. The standard InChI is InChI=1S/C11H21N3O2.C2H2O4/c1-11(2,3)16-10(15)14-6-4-8(5-7-14)9(12)13;3-1(4)2(5)6/h8H,4-7H2,1-3H3,(H3,12,13);(H,3,4)(H,5,6). The molecule has 1 fully saturated rings. The Kier molecular flexibility index (Phi) is 7.34. The minimum atomic E-state index is -1.82. The Labute approximate surface area is 128 Å². The van der Waals surface area contributed by atoms with Gasteiger partial charge in [-0.3, -0.25) is 5.41 Å². The molecule has 22 heavy (non-hydrogen) atoms. The van der Waals surface area contributed by atoms with Crippen molar-refractivity contribution < 1.29 is 29.3 Å².